The van der Waals surface area contributed by atoms with Crippen LogP contribution in [0.1, 0.15) is 34.3 Å². The number of nitriles is 1. The Morgan fingerprint density at radius 3 is 2.46 bits per heavy atom. The Kier molecular flexibility index (Phi) is 4.94. The van der Waals surface area contributed by atoms with Crippen molar-refractivity contribution < 1.29 is 9.90 Å². The summed E-state index contributed by atoms with van der Waals surface area (Å²) in [5.41, 5.74) is 1.79. The number of aliphatic hydroxyl groups is 1. The van der Waals surface area contributed by atoms with Crippen LogP contribution in [-0.2, 0) is 0 Å². The molecule has 0 saturated heterocycles. The molecule has 26 heavy (non-hydrogen) atoms. The molecule has 1 aliphatic rings. The van der Waals surface area contributed by atoms with Gasteiger partial charge in [-0.3, -0.25) is 4.79 Å². The molecule has 0 unspecified atom stereocenters. The molecule has 1 fully saturated rings. The zero-order valence-corrected chi connectivity index (χ0v) is 13.9. The highest BCUT2D eigenvalue weighted by molar-refractivity contribution is 6.09. The molecule has 1 aromatic carbocycles. The van der Waals surface area contributed by atoms with Gasteiger partial charge in [-0.25, -0.2) is 4.98 Å². The number of aromatic nitrogens is 1. The van der Waals surface area contributed by atoms with Gasteiger partial charge in [-0.05, 0) is 42.7 Å². The summed E-state index contributed by atoms with van der Waals surface area (Å²) in [6.45, 7) is 0. The Balaban J connectivity index is 1.74. The van der Waals surface area contributed by atoms with E-state index < -0.39 is 0 Å². The summed E-state index contributed by atoms with van der Waals surface area (Å²) < 4.78 is 0. The Morgan fingerprint density at radius 2 is 1.92 bits per heavy atom. The monoisotopic (exact) mass is 347 g/mol. The predicted molar refractivity (Wildman–Crippen MR) is 97.8 cm³/mol. The molecule has 4 N–H and O–H groups in total. The van der Waals surface area contributed by atoms with E-state index in [1.165, 1.54) is 6.20 Å². The first-order valence-electron chi connectivity index (χ1n) is 8.09. The number of allylic oxidation sites excluding steroid dienone is 1. The lowest BCUT2D eigenvalue weighted by Crippen LogP contribution is -2.25. The molecule has 0 spiro atoms. The van der Waals surface area contributed by atoms with Gasteiger partial charge < -0.3 is 21.1 Å². The largest absolute Gasteiger partial charge is 0.494 e. The summed E-state index contributed by atoms with van der Waals surface area (Å²) in [6, 6.07) is 12.0. The van der Waals surface area contributed by atoms with Crippen LogP contribution >= 0.6 is 0 Å². The molecule has 130 valence electrons. The highest BCUT2D eigenvalue weighted by Gasteiger charge is 2.23. The third kappa shape index (κ3) is 4.05. The number of nitrogens with zero attached hydrogens (tertiary/aromatic N) is 2. The van der Waals surface area contributed by atoms with Gasteiger partial charge in [0.25, 0.3) is 5.91 Å². The fraction of sp³-hybridized carbons (Fsp3) is 0.158. The van der Waals surface area contributed by atoms with Gasteiger partial charge in [0.15, 0.2) is 5.88 Å². The molecule has 7 heteroatoms. The standard InChI is InChI=1S/C19H17N5O2/c20-9-12-1-3-13(4-2-12)16(10-21)19(26)24-17-8-5-14(11-22-17)18(25)23-15-6-7-15/h1-5,8,10-11,15,21,26H,6-7H2,(H,22,24)(H,23,25)/b19-16-,21-10?. The number of anilines is 1. The summed E-state index contributed by atoms with van der Waals surface area (Å²) in [5, 5.41) is 32.2. The Morgan fingerprint density at radius 1 is 1.23 bits per heavy atom. The van der Waals surface area contributed by atoms with Crippen LogP contribution in [-0.4, -0.2) is 28.3 Å². The zero-order chi connectivity index (χ0) is 18.5. The second kappa shape index (κ2) is 7.49. The maximum absolute atomic E-state index is 11.9. The molecular weight excluding hydrogens is 330 g/mol. The highest BCUT2D eigenvalue weighted by Crippen LogP contribution is 2.20. The number of hydrogen-bond donors (Lipinski definition) is 4. The molecule has 0 atom stereocenters. The van der Waals surface area contributed by atoms with Crippen LogP contribution in [0.25, 0.3) is 5.57 Å². The molecule has 1 heterocycles. The van der Waals surface area contributed by atoms with Crippen LogP contribution in [0.4, 0.5) is 5.82 Å². The van der Waals surface area contributed by atoms with E-state index in [1.807, 2.05) is 6.07 Å². The molecule has 1 aliphatic carbocycles. The van der Waals surface area contributed by atoms with Gasteiger partial charge in [0.1, 0.15) is 5.82 Å². The fourth-order valence-corrected chi connectivity index (χ4v) is 2.30. The Bertz CT molecular complexity index is 891. The Labute approximate surface area is 150 Å². The molecule has 1 saturated carbocycles. The minimum atomic E-state index is -0.243. The number of carbonyl (C=O) groups excluding carboxylic acids is 1. The van der Waals surface area contributed by atoms with Gasteiger partial charge in [-0.1, -0.05) is 12.1 Å². The van der Waals surface area contributed by atoms with Crippen LogP contribution in [0.3, 0.4) is 0 Å². The second-order valence-corrected chi connectivity index (χ2v) is 5.90. The van der Waals surface area contributed by atoms with Gasteiger partial charge in [-0.15, -0.1) is 0 Å². The first-order valence-corrected chi connectivity index (χ1v) is 8.09. The molecule has 1 aromatic heterocycles. The second-order valence-electron chi connectivity index (χ2n) is 5.90. The van der Waals surface area contributed by atoms with Crippen LogP contribution in [0.15, 0.2) is 48.5 Å². The van der Waals surface area contributed by atoms with E-state index >= 15 is 0 Å². The van der Waals surface area contributed by atoms with Gasteiger partial charge in [0.05, 0.1) is 22.8 Å². The fourth-order valence-electron chi connectivity index (χ4n) is 2.30. The lowest BCUT2D eigenvalue weighted by Gasteiger charge is -2.10. The average Bonchev–Trinajstić information content (AvgIpc) is 3.47. The van der Waals surface area contributed by atoms with E-state index in [-0.39, 0.29) is 23.4 Å². The molecule has 0 radical (unpaired) electrons. The molecule has 7 nitrogen and oxygen atoms in total. The van der Waals surface area contributed by atoms with Crippen LogP contribution < -0.4 is 10.6 Å². The summed E-state index contributed by atoms with van der Waals surface area (Å²) in [7, 11) is 0. The van der Waals surface area contributed by atoms with Crippen molar-refractivity contribution >= 4 is 23.5 Å². The van der Waals surface area contributed by atoms with E-state index in [1.54, 1.807) is 36.4 Å². The minimum absolute atomic E-state index is 0.163. The van der Waals surface area contributed by atoms with Crippen LogP contribution in [0.5, 0.6) is 0 Å². The van der Waals surface area contributed by atoms with Crippen molar-refractivity contribution in [2.75, 3.05) is 5.32 Å². The lowest BCUT2D eigenvalue weighted by atomic mass is 10.1. The van der Waals surface area contributed by atoms with Crippen molar-refractivity contribution in [3.05, 3.63) is 65.2 Å². The molecule has 0 aliphatic heterocycles. The first kappa shape index (κ1) is 17.2. The number of nitrogens with one attached hydrogen (secondary N) is 3. The normalized spacial score (nSPS) is 14.0. The summed E-state index contributed by atoms with van der Waals surface area (Å²) in [4.78, 5) is 16.1. The average molecular weight is 347 g/mol. The van der Waals surface area contributed by atoms with Crippen molar-refractivity contribution in [3.8, 4) is 6.07 Å². The van der Waals surface area contributed by atoms with E-state index in [0.29, 0.717) is 22.5 Å². The van der Waals surface area contributed by atoms with Gasteiger partial charge in [-0.2, -0.15) is 5.26 Å². The van der Waals surface area contributed by atoms with E-state index in [2.05, 4.69) is 15.6 Å². The molecule has 1 amide bonds. The molecular formula is C19H17N5O2. The third-order valence-corrected chi connectivity index (χ3v) is 3.91. The van der Waals surface area contributed by atoms with Gasteiger partial charge in [0.2, 0.25) is 0 Å². The number of benzene rings is 1. The molecule has 0 bridgehead atoms. The molecule has 2 aromatic rings. The van der Waals surface area contributed by atoms with E-state index in [0.717, 1.165) is 19.1 Å². The smallest absolute Gasteiger partial charge is 0.253 e. The number of rotatable bonds is 6. The SMILES string of the molecule is N#Cc1ccc(/C(C=N)=C(\O)Nc2ccc(C(=O)NC3CC3)cn2)cc1. The number of carbonyl (C=O) groups is 1. The van der Waals surface area contributed by atoms with E-state index in [4.69, 9.17) is 10.7 Å². The number of hydrogen-bond acceptors (Lipinski definition) is 6. The van der Waals surface area contributed by atoms with Crippen molar-refractivity contribution in [1.82, 2.24) is 10.3 Å². The Hall–Kier alpha value is -3.66. The van der Waals surface area contributed by atoms with Crippen LogP contribution in [0, 0.1) is 16.7 Å². The van der Waals surface area contributed by atoms with Gasteiger partial charge in [0, 0.05) is 18.5 Å². The number of amides is 1. The van der Waals surface area contributed by atoms with Crippen molar-refractivity contribution in [2.45, 2.75) is 18.9 Å². The zero-order valence-electron chi connectivity index (χ0n) is 13.9. The maximum atomic E-state index is 11.9. The maximum Gasteiger partial charge on any atom is 0.253 e. The lowest BCUT2D eigenvalue weighted by molar-refractivity contribution is 0.0950. The van der Waals surface area contributed by atoms with Crippen molar-refractivity contribution in [3.63, 3.8) is 0 Å². The van der Waals surface area contributed by atoms with E-state index in [9.17, 15) is 9.90 Å². The van der Waals surface area contributed by atoms with Crippen molar-refractivity contribution in [1.29, 1.82) is 10.7 Å². The summed E-state index contributed by atoms with van der Waals surface area (Å²) in [6.07, 6.45) is 4.47. The molecule has 3 rings (SSSR count). The first-order chi connectivity index (χ1) is 12.6. The predicted octanol–water partition coefficient (Wildman–Crippen LogP) is 2.83. The van der Waals surface area contributed by atoms with Gasteiger partial charge >= 0.3 is 0 Å². The number of aliphatic hydroxyl groups excluding tert-OH is 1. The summed E-state index contributed by atoms with van der Waals surface area (Å²) in [5.74, 6) is -0.0602. The topological polar surface area (TPSA) is 122 Å². The summed E-state index contributed by atoms with van der Waals surface area (Å²) >= 11 is 0. The third-order valence-electron chi connectivity index (χ3n) is 3.91. The van der Waals surface area contributed by atoms with Crippen molar-refractivity contribution in [2.24, 2.45) is 0 Å². The minimum Gasteiger partial charge on any atom is -0.494 e. The quantitative estimate of drug-likeness (QED) is 0.473. The van der Waals surface area contributed by atoms with Crippen LogP contribution in [0.2, 0.25) is 0 Å². The number of pyridine rings is 1. The highest BCUT2D eigenvalue weighted by atomic mass is 16.3.